The molecular weight excluding hydrogens is 212 g/mol. The minimum absolute atomic E-state index is 0.442. The van der Waals surface area contributed by atoms with Gasteiger partial charge in [0.2, 0.25) is 0 Å². The molecule has 1 aliphatic heterocycles. The predicted molar refractivity (Wildman–Crippen MR) is 70.1 cm³/mol. The van der Waals surface area contributed by atoms with Crippen LogP contribution in [-0.2, 0) is 0 Å². The van der Waals surface area contributed by atoms with E-state index < -0.39 is 6.10 Å². The normalized spacial score (nSPS) is 19.4. The minimum Gasteiger partial charge on any atom is -0.389 e. The molecule has 1 aromatic heterocycles. The quantitative estimate of drug-likeness (QED) is 0.873. The Hall–Kier alpha value is -1.09. The molecular formula is C14H22N2O. The third kappa shape index (κ3) is 2.78. The SMILES string of the molecule is CCC1CCN(c2ncccc2[C@@H](C)O)CC1. The second kappa shape index (κ2) is 5.50. The van der Waals surface area contributed by atoms with E-state index in [1.807, 2.05) is 18.3 Å². The van der Waals surface area contributed by atoms with Gasteiger partial charge < -0.3 is 10.0 Å². The van der Waals surface area contributed by atoms with Crippen molar-refractivity contribution in [1.29, 1.82) is 0 Å². The molecule has 1 aliphatic rings. The third-order valence-corrected chi connectivity index (χ3v) is 3.76. The molecule has 1 atom stereocenters. The van der Waals surface area contributed by atoms with Crippen LogP contribution >= 0.6 is 0 Å². The van der Waals surface area contributed by atoms with Crippen molar-refractivity contribution >= 4 is 5.82 Å². The number of pyridine rings is 1. The minimum atomic E-state index is -0.442. The lowest BCUT2D eigenvalue weighted by Crippen LogP contribution is -2.34. The fraction of sp³-hybridized carbons (Fsp3) is 0.643. The van der Waals surface area contributed by atoms with E-state index in [9.17, 15) is 5.11 Å². The topological polar surface area (TPSA) is 36.4 Å². The van der Waals surface area contributed by atoms with E-state index in [0.717, 1.165) is 30.4 Å². The van der Waals surface area contributed by atoms with Crippen molar-refractivity contribution < 1.29 is 5.11 Å². The Morgan fingerprint density at radius 3 is 2.76 bits per heavy atom. The van der Waals surface area contributed by atoms with Crippen LogP contribution in [0.5, 0.6) is 0 Å². The van der Waals surface area contributed by atoms with Crippen LogP contribution in [0.4, 0.5) is 5.82 Å². The van der Waals surface area contributed by atoms with Crippen molar-refractivity contribution in [2.24, 2.45) is 5.92 Å². The Bertz CT molecular complexity index is 357. The molecule has 2 heterocycles. The first-order valence-corrected chi connectivity index (χ1v) is 6.60. The van der Waals surface area contributed by atoms with Crippen LogP contribution in [0.1, 0.15) is 44.8 Å². The summed E-state index contributed by atoms with van der Waals surface area (Å²) in [5, 5.41) is 9.77. The van der Waals surface area contributed by atoms with Crippen LogP contribution in [-0.4, -0.2) is 23.2 Å². The molecule has 1 saturated heterocycles. The molecule has 94 valence electrons. The van der Waals surface area contributed by atoms with E-state index in [-0.39, 0.29) is 0 Å². The molecule has 0 amide bonds. The molecule has 0 radical (unpaired) electrons. The summed E-state index contributed by atoms with van der Waals surface area (Å²) in [6.07, 6.45) is 5.13. The van der Waals surface area contributed by atoms with Gasteiger partial charge in [0.15, 0.2) is 0 Å². The van der Waals surface area contributed by atoms with Gasteiger partial charge in [-0.2, -0.15) is 0 Å². The molecule has 1 N–H and O–H groups in total. The first kappa shape index (κ1) is 12.4. The number of rotatable bonds is 3. The lowest BCUT2D eigenvalue weighted by molar-refractivity contribution is 0.199. The largest absolute Gasteiger partial charge is 0.389 e. The lowest BCUT2D eigenvalue weighted by Gasteiger charge is -2.33. The summed E-state index contributed by atoms with van der Waals surface area (Å²) >= 11 is 0. The van der Waals surface area contributed by atoms with Gasteiger partial charge in [0.25, 0.3) is 0 Å². The van der Waals surface area contributed by atoms with Gasteiger partial charge in [-0.15, -0.1) is 0 Å². The number of aromatic nitrogens is 1. The summed E-state index contributed by atoms with van der Waals surface area (Å²) < 4.78 is 0. The molecule has 0 aromatic carbocycles. The summed E-state index contributed by atoms with van der Waals surface area (Å²) in [5.74, 6) is 1.84. The zero-order chi connectivity index (χ0) is 12.3. The van der Waals surface area contributed by atoms with Gasteiger partial charge in [0, 0.05) is 24.8 Å². The number of aliphatic hydroxyl groups is 1. The predicted octanol–water partition coefficient (Wildman–Crippen LogP) is 2.76. The van der Waals surface area contributed by atoms with E-state index in [0.29, 0.717) is 0 Å². The molecule has 0 aliphatic carbocycles. The number of hydrogen-bond donors (Lipinski definition) is 1. The van der Waals surface area contributed by atoms with Gasteiger partial charge in [-0.1, -0.05) is 19.4 Å². The highest BCUT2D eigenvalue weighted by molar-refractivity contribution is 5.48. The fourth-order valence-electron chi connectivity index (χ4n) is 2.55. The van der Waals surface area contributed by atoms with Gasteiger partial charge in [-0.3, -0.25) is 0 Å². The highest BCUT2D eigenvalue weighted by atomic mass is 16.3. The Morgan fingerprint density at radius 2 is 2.18 bits per heavy atom. The molecule has 1 aromatic rings. The second-order valence-electron chi connectivity index (χ2n) is 4.93. The van der Waals surface area contributed by atoms with Gasteiger partial charge in [-0.05, 0) is 31.7 Å². The maximum atomic E-state index is 9.77. The Balaban J connectivity index is 2.13. The van der Waals surface area contributed by atoms with E-state index in [2.05, 4.69) is 16.8 Å². The van der Waals surface area contributed by atoms with Crippen LogP contribution in [0.25, 0.3) is 0 Å². The molecule has 3 heteroatoms. The average molecular weight is 234 g/mol. The molecule has 0 bridgehead atoms. The summed E-state index contributed by atoms with van der Waals surface area (Å²) in [7, 11) is 0. The molecule has 0 unspecified atom stereocenters. The second-order valence-corrected chi connectivity index (χ2v) is 4.93. The lowest BCUT2D eigenvalue weighted by atomic mass is 9.94. The fourth-order valence-corrected chi connectivity index (χ4v) is 2.55. The zero-order valence-electron chi connectivity index (χ0n) is 10.8. The Labute approximate surface area is 103 Å². The van der Waals surface area contributed by atoms with Crippen molar-refractivity contribution in [3.63, 3.8) is 0 Å². The van der Waals surface area contributed by atoms with Gasteiger partial charge in [-0.25, -0.2) is 4.98 Å². The summed E-state index contributed by atoms with van der Waals surface area (Å²) in [6, 6.07) is 3.86. The molecule has 0 saturated carbocycles. The van der Waals surface area contributed by atoms with Crippen LogP contribution in [0.15, 0.2) is 18.3 Å². The summed E-state index contributed by atoms with van der Waals surface area (Å²) in [6.45, 7) is 6.20. The molecule has 1 fully saturated rings. The monoisotopic (exact) mass is 234 g/mol. The number of hydrogen-bond acceptors (Lipinski definition) is 3. The maximum Gasteiger partial charge on any atom is 0.134 e. The van der Waals surface area contributed by atoms with Gasteiger partial charge in [0.05, 0.1) is 6.10 Å². The smallest absolute Gasteiger partial charge is 0.134 e. The van der Waals surface area contributed by atoms with Crippen molar-refractivity contribution in [3.05, 3.63) is 23.9 Å². The van der Waals surface area contributed by atoms with Crippen molar-refractivity contribution in [1.82, 2.24) is 4.98 Å². The molecule has 17 heavy (non-hydrogen) atoms. The average Bonchev–Trinajstić information content (AvgIpc) is 2.39. The van der Waals surface area contributed by atoms with Gasteiger partial charge in [0.1, 0.15) is 5.82 Å². The van der Waals surface area contributed by atoms with E-state index >= 15 is 0 Å². The number of anilines is 1. The Kier molecular flexibility index (Phi) is 4.00. The number of aliphatic hydroxyl groups excluding tert-OH is 1. The van der Waals surface area contributed by atoms with Crippen molar-refractivity contribution in [2.75, 3.05) is 18.0 Å². The van der Waals surface area contributed by atoms with Gasteiger partial charge >= 0.3 is 0 Å². The third-order valence-electron chi connectivity index (χ3n) is 3.76. The van der Waals surface area contributed by atoms with Crippen LogP contribution in [0, 0.1) is 5.92 Å². The first-order chi connectivity index (χ1) is 8.22. The van der Waals surface area contributed by atoms with E-state index in [4.69, 9.17) is 0 Å². The molecule has 3 nitrogen and oxygen atoms in total. The van der Waals surface area contributed by atoms with Crippen LogP contribution in [0.2, 0.25) is 0 Å². The Morgan fingerprint density at radius 1 is 1.47 bits per heavy atom. The van der Waals surface area contributed by atoms with E-state index in [1.165, 1.54) is 19.3 Å². The first-order valence-electron chi connectivity index (χ1n) is 6.60. The van der Waals surface area contributed by atoms with Crippen LogP contribution in [0.3, 0.4) is 0 Å². The highest BCUT2D eigenvalue weighted by Gasteiger charge is 2.21. The van der Waals surface area contributed by atoms with Crippen molar-refractivity contribution in [3.8, 4) is 0 Å². The highest BCUT2D eigenvalue weighted by Crippen LogP contribution is 2.28. The summed E-state index contributed by atoms with van der Waals surface area (Å²) in [4.78, 5) is 6.75. The zero-order valence-corrected chi connectivity index (χ0v) is 10.8. The molecule has 2 rings (SSSR count). The number of piperidine rings is 1. The summed E-state index contributed by atoms with van der Waals surface area (Å²) in [5.41, 5.74) is 0.947. The van der Waals surface area contributed by atoms with Crippen molar-refractivity contribution in [2.45, 2.75) is 39.2 Å². The number of nitrogens with zero attached hydrogens (tertiary/aromatic N) is 2. The maximum absolute atomic E-state index is 9.77. The standard InChI is InChI=1S/C14H22N2O/c1-3-12-6-9-16(10-7-12)14-13(11(2)17)5-4-8-15-14/h4-5,8,11-12,17H,3,6-7,9-10H2,1-2H3/t11-/m1/s1. The van der Waals surface area contributed by atoms with Crippen LogP contribution < -0.4 is 4.90 Å². The van der Waals surface area contributed by atoms with E-state index in [1.54, 1.807) is 6.92 Å². The molecule has 0 spiro atoms.